The molecule has 6 heteroatoms. The number of allylic oxidation sites excluding steroid dienone is 1. The second kappa shape index (κ2) is 11.8. The van der Waals surface area contributed by atoms with Crippen LogP contribution in [0.2, 0.25) is 0 Å². The lowest BCUT2D eigenvalue weighted by Gasteiger charge is -2.46. The second-order valence-electron chi connectivity index (χ2n) is 12.3. The average Bonchev–Trinajstić information content (AvgIpc) is 3.44. The van der Waals surface area contributed by atoms with Crippen molar-refractivity contribution < 1.29 is 30.0 Å². The van der Waals surface area contributed by atoms with E-state index in [2.05, 4.69) is 30.0 Å². The molecule has 3 aromatic carbocycles. The molecular weight excluding hydrogens is 540 g/mol. The fourth-order valence-electron chi connectivity index (χ4n) is 7.92. The number of phenolic OH excluding ortho intramolecular Hbond substituents is 3. The summed E-state index contributed by atoms with van der Waals surface area (Å²) in [5, 5.41) is 42.8. The number of ketones is 1. The first kappa shape index (κ1) is 28.9. The van der Waals surface area contributed by atoms with E-state index < -0.39 is 11.5 Å². The minimum absolute atomic E-state index is 0.00764. The molecule has 0 aliphatic heterocycles. The number of fused-ring (bicyclic) bond motifs is 3. The van der Waals surface area contributed by atoms with E-state index >= 15 is 0 Å². The van der Waals surface area contributed by atoms with E-state index in [0.29, 0.717) is 18.6 Å². The van der Waals surface area contributed by atoms with Gasteiger partial charge in [-0.3, -0.25) is 4.79 Å². The number of carbonyl (C=O) groups excluding carboxylic acids is 1. The zero-order valence-corrected chi connectivity index (χ0v) is 24.4. The van der Waals surface area contributed by atoms with Gasteiger partial charge in [-0.1, -0.05) is 60.9 Å². The van der Waals surface area contributed by atoms with E-state index in [9.17, 15) is 25.2 Å². The Balaban J connectivity index is 1.44. The maximum atomic E-state index is 13.8. The van der Waals surface area contributed by atoms with Gasteiger partial charge in [0.25, 0.3) is 0 Å². The third-order valence-corrected chi connectivity index (χ3v) is 9.96. The summed E-state index contributed by atoms with van der Waals surface area (Å²) in [6, 6.07) is 18.6. The molecule has 0 aromatic heterocycles. The first-order chi connectivity index (χ1) is 20.8. The zero-order valence-electron chi connectivity index (χ0n) is 24.4. The Kier molecular flexibility index (Phi) is 7.94. The molecule has 3 aliphatic carbocycles. The summed E-state index contributed by atoms with van der Waals surface area (Å²) in [5.74, 6) is 6.40. The Hall–Kier alpha value is -4.21. The number of hydrogen-bond acceptors (Lipinski definition) is 6. The Morgan fingerprint density at radius 2 is 1.77 bits per heavy atom. The van der Waals surface area contributed by atoms with Gasteiger partial charge in [-0.15, -0.1) is 5.92 Å². The van der Waals surface area contributed by atoms with Crippen LogP contribution in [-0.4, -0.2) is 39.4 Å². The summed E-state index contributed by atoms with van der Waals surface area (Å²) in [7, 11) is 1.50. The molecule has 0 heterocycles. The van der Waals surface area contributed by atoms with Gasteiger partial charge in [0.05, 0.1) is 13.2 Å². The van der Waals surface area contributed by atoms with Gasteiger partial charge in [0, 0.05) is 42.4 Å². The number of aliphatic hydroxyl groups is 1. The molecule has 0 saturated heterocycles. The van der Waals surface area contributed by atoms with Gasteiger partial charge < -0.3 is 25.2 Å². The van der Waals surface area contributed by atoms with E-state index in [1.54, 1.807) is 24.3 Å². The number of carbonyl (C=O) groups is 1. The van der Waals surface area contributed by atoms with Crippen LogP contribution < -0.4 is 4.74 Å². The first-order valence-corrected chi connectivity index (χ1v) is 15.1. The number of Topliss-reactive ketones (excluding diaryl/α,β-unsaturated/α-hetero) is 1. The van der Waals surface area contributed by atoms with Crippen LogP contribution in [0.5, 0.6) is 23.0 Å². The largest absolute Gasteiger partial charge is 0.504 e. The fourth-order valence-corrected chi connectivity index (χ4v) is 7.92. The summed E-state index contributed by atoms with van der Waals surface area (Å²) in [6.07, 6.45) is 7.21. The smallest absolute Gasteiger partial charge is 0.160 e. The highest BCUT2D eigenvalue weighted by Crippen LogP contribution is 2.58. The lowest BCUT2D eigenvalue weighted by Crippen LogP contribution is -2.46. The Bertz CT molecular complexity index is 1600. The van der Waals surface area contributed by atoms with Crippen molar-refractivity contribution in [2.75, 3.05) is 7.11 Å². The molecule has 222 valence electrons. The van der Waals surface area contributed by atoms with Gasteiger partial charge in [0.15, 0.2) is 23.0 Å². The second-order valence-corrected chi connectivity index (χ2v) is 12.3. The maximum absolute atomic E-state index is 13.8. The van der Waals surface area contributed by atoms with Crippen LogP contribution in [0.1, 0.15) is 66.7 Å². The van der Waals surface area contributed by atoms with E-state index in [-0.39, 0.29) is 59.5 Å². The van der Waals surface area contributed by atoms with Crippen molar-refractivity contribution >= 4 is 11.9 Å². The third kappa shape index (κ3) is 5.39. The number of ether oxygens (including phenoxy) is 1. The van der Waals surface area contributed by atoms with Gasteiger partial charge in [0.2, 0.25) is 0 Å². The van der Waals surface area contributed by atoms with Crippen LogP contribution in [0.3, 0.4) is 0 Å². The Labute approximate surface area is 252 Å². The molecule has 1 saturated carbocycles. The quantitative estimate of drug-likeness (QED) is 0.211. The molecule has 1 fully saturated rings. The number of rotatable bonds is 5. The summed E-state index contributed by atoms with van der Waals surface area (Å²) < 4.78 is 5.39. The Morgan fingerprint density at radius 1 is 0.977 bits per heavy atom. The van der Waals surface area contributed by atoms with Crippen molar-refractivity contribution in [3.8, 4) is 34.8 Å². The number of phenols is 3. The van der Waals surface area contributed by atoms with Crippen LogP contribution in [0.4, 0.5) is 0 Å². The van der Waals surface area contributed by atoms with Gasteiger partial charge in [-0.25, -0.2) is 0 Å². The molecule has 0 radical (unpaired) electrons. The monoisotopic (exact) mass is 578 g/mol. The van der Waals surface area contributed by atoms with Crippen molar-refractivity contribution in [2.24, 2.45) is 17.8 Å². The van der Waals surface area contributed by atoms with E-state index in [1.165, 1.54) is 7.11 Å². The molecule has 6 atom stereocenters. The van der Waals surface area contributed by atoms with Crippen molar-refractivity contribution in [2.45, 2.75) is 62.4 Å². The van der Waals surface area contributed by atoms with Gasteiger partial charge in [-0.05, 0) is 71.7 Å². The number of methoxy groups -OCH3 is 1. The number of aliphatic hydroxyl groups excluding tert-OH is 1. The molecule has 6 nitrogen and oxygen atoms in total. The molecule has 3 aromatic rings. The van der Waals surface area contributed by atoms with Crippen molar-refractivity contribution in [1.82, 2.24) is 0 Å². The minimum atomic E-state index is -0.918. The molecule has 3 aliphatic rings. The van der Waals surface area contributed by atoms with Crippen LogP contribution in [0, 0.1) is 29.6 Å². The summed E-state index contributed by atoms with van der Waals surface area (Å²) in [5.41, 5.74) is 3.23. The van der Waals surface area contributed by atoms with E-state index in [4.69, 9.17) is 4.74 Å². The summed E-state index contributed by atoms with van der Waals surface area (Å²) in [4.78, 5) is 13.8. The van der Waals surface area contributed by atoms with Gasteiger partial charge in [-0.2, -0.15) is 0 Å². The van der Waals surface area contributed by atoms with Crippen molar-refractivity contribution in [1.29, 1.82) is 0 Å². The molecule has 43 heavy (non-hydrogen) atoms. The third-order valence-electron chi connectivity index (χ3n) is 9.96. The molecule has 0 spiro atoms. The molecule has 6 rings (SSSR count). The maximum Gasteiger partial charge on any atom is 0.160 e. The van der Waals surface area contributed by atoms with Crippen molar-refractivity contribution in [3.63, 3.8) is 0 Å². The van der Waals surface area contributed by atoms with Gasteiger partial charge >= 0.3 is 0 Å². The topological polar surface area (TPSA) is 107 Å². The molecule has 4 N–H and O–H groups in total. The molecule has 0 unspecified atom stereocenters. The Morgan fingerprint density at radius 3 is 2.56 bits per heavy atom. The average molecular weight is 579 g/mol. The van der Waals surface area contributed by atoms with Crippen LogP contribution in [0.25, 0.3) is 6.08 Å². The van der Waals surface area contributed by atoms with Gasteiger partial charge in [0.1, 0.15) is 5.78 Å². The highest BCUT2D eigenvalue weighted by Gasteiger charge is 2.53. The number of hydrogen-bond donors (Lipinski definition) is 4. The number of benzene rings is 3. The molecule has 0 bridgehead atoms. The lowest BCUT2D eigenvalue weighted by atomic mass is 9.58. The predicted octanol–water partition coefficient (Wildman–Crippen LogP) is 6.25. The highest BCUT2D eigenvalue weighted by molar-refractivity contribution is 5.80. The normalized spacial score (nSPS) is 28.3. The molecular formula is C37H38O6. The summed E-state index contributed by atoms with van der Waals surface area (Å²) in [6.45, 7) is 0. The highest BCUT2D eigenvalue weighted by atomic mass is 16.5. The first-order valence-electron chi connectivity index (χ1n) is 15.1. The van der Waals surface area contributed by atoms with Crippen LogP contribution >= 0.6 is 0 Å². The standard InChI is InChI=1S/C37H38O6/c1-43-36-19-25(13-15-32(36)39)29-20-28(38)21-33(40)30(11-5-9-24(29)17-23-7-3-2-4-8-23)37-16-6-10-27(37)14-12-26-18-34(41)35(42)22-31(26)37/h2-4,7-8,12-15,18-19,22,24,27,29-30,33,39-42H,6,10-11,16-17,20-21H2,1H3/t24-,27+,29-,30+,33-,37+/m0/s1. The zero-order chi connectivity index (χ0) is 30.1. The van der Waals surface area contributed by atoms with Crippen LogP contribution in [0.15, 0.2) is 66.7 Å². The minimum Gasteiger partial charge on any atom is -0.504 e. The summed E-state index contributed by atoms with van der Waals surface area (Å²) >= 11 is 0. The number of aromatic hydroxyl groups is 3. The predicted molar refractivity (Wildman–Crippen MR) is 165 cm³/mol. The lowest BCUT2D eigenvalue weighted by molar-refractivity contribution is -0.122. The fraction of sp³-hybridized carbons (Fsp3) is 0.378. The van der Waals surface area contributed by atoms with Crippen molar-refractivity contribution in [3.05, 3.63) is 89.0 Å². The SMILES string of the molecule is COc1cc([C@H]2CC(=O)C[C@H](O)[C@H]([C@@]34CCC[C@@H]3C=Cc3cc(O)c(O)cc34)CC#C[C@H]2Cc2ccccc2)ccc1O. The van der Waals surface area contributed by atoms with Crippen LogP contribution in [-0.2, 0) is 16.6 Å². The molecule has 0 amide bonds. The van der Waals surface area contributed by atoms with E-state index in [1.807, 2.05) is 30.3 Å². The van der Waals surface area contributed by atoms with E-state index in [0.717, 1.165) is 41.5 Å².